The van der Waals surface area contributed by atoms with Crippen LogP contribution in [0, 0.1) is 0 Å². The van der Waals surface area contributed by atoms with E-state index in [1.165, 1.54) is 6.39 Å². The van der Waals surface area contributed by atoms with Gasteiger partial charge in [-0.25, -0.2) is 9.97 Å². The van der Waals surface area contributed by atoms with Gasteiger partial charge in [-0.05, 0) is 13.0 Å². The van der Waals surface area contributed by atoms with Gasteiger partial charge in [0.1, 0.15) is 5.52 Å². The summed E-state index contributed by atoms with van der Waals surface area (Å²) in [5.74, 6) is 0.632. The molecule has 6 nitrogen and oxygen atoms in total. The van der Waals surface area contributed by atoms with Crippen molar-refractivity contribution in [2.45, 2.75) is 6.42 Å². The lowest BCUT2D eigenvalue weighted by molar-refractivity contribution is 0.589. The fourth-order valence-corrected chi connectivity index (χ4v) is 1.27. The zero-order valence-corrected chi connectivity index (χ0v) is 8.55. The quantitative estimate of drug-likeness (QED) is 0.781. The van der Waals surface area contributed by atoms with Gasteiger partial charge in [0, 0.05) is 13.6 Å². The normalized spacial score (nSPS) is 10.8. The first-order valence-corrected chi connectivity index (χ1v) is 4.78. The molecule has 0 amide bonds. The molecule has 0 aliphatic carbocycles. The van der Waals surface area contributed by atoms with E-state index >= 15 is 0 Å². The third-order valence-corrected chi connectivity index (χ3v) is 2.12. The summed E-state index contributed by atoms with van der Waals surface area (Å²) in [7, 11) is 1.92. The molecule has 0 saturated heterocycles. The second-order valence-electron chi connectivity index (χ2n) is 3.28. The highest BCUT2D eigenvalue weighted by Crippen LogP contribution is 2.12. The van der Waals surface area contributed by atoms with Crippen molar-refractivity contribution in [1.82, 2.24) is 15.0 Å². The van der Waals surface area contributed by atoms with E-state index < -0.39 is 0 Å². The van der Waals surface area contributed by atoms with Crippen molar-refractivity contribution in [3.05, 3.63) is 12.6 Å². The summed E-state index contributed by atoms with van der Waals surface area (Å²) >= 11 is 0. The summed E-state index contributed by atoms with van der Waals surface area (Å²) < 4.78 is 5.10. The highest BCUT2D eigenvalue weighted by atomic mass is 16.3. The van der Waals surface area contributed by atoms with E-state index in [0.717, 1.165) is 13.0 Å². The Morgan fingerprint density at radius 3 is 3.13 bits per heavy atom. The van der Waals surface area contributed by atoms with Crippen LogP contribution in [0.5, 0.6) is 0 Å². The Bertz CT molecular complexity index is 441. The lowest BCUT2D eigenvalue weighted by atomic mass is 10.4. The zero-order chi connectivity index (χ0) is 10.7. The SMILES string of the molecule is CN(CCCN)c1ncc2ncoc2n1. The van der Waals surface area contributed by atoms with Gasteiger partial charge >= 0.3 is 0 Å². The van der Waals surface area contributed by atoms with Crippen LogP contribution < -0.4 is 10.6 Å². The van der Waals surface area contributed by atoms with Gasteiger partial charge in [0.2, 0.25) is 5.95 Å². The van der Waals surface area contributed by atoms with Gasteiger partial charge in [-0.2, -0.15) is 4.98 Å². The summed E-state index contributed by atoms with van der Waals surface area (Å²) in [6.45, 7) is 1.49. The summed E-state index contributed by atoms with van der Waals surface area (Å²) in [5.41, 5.74) is 6.62. The molecule has 6 heteroatoms. The van der Waals surface area contributed by atoms with Crippen molar-refractivity contribution in [1.29, 1.82) is 0 Å². The molecule has 0 aliphatic heterocycles. The van der Waals surface area contributed by atoms with Gasteiger partial charge in [-0.3, -0.25) is 0 Å². The Hall–Kier alpha value is -1.69. The molecule has 0 saturated carbocycles. The van der Waals surface area contributed by atoms with Crippen molar-refractivity contribution in [3.63, 3.8) is 0 Å². The summed E-state index contributed by atoms with van der Waals surface area (Å²) in [5, 5.41) is 0. The second kappa shape index (κ2) is 4.22. The van der Waals surface area contributed by atoms with E-state index in [-0.39, 0.29) is 0 Å². The van der Waals surface area contributed by atoms with Crippen LogP contribution in [0.25, 0.3) is 11.2 Å². The minimum absolute atomic E-state index is 0.514. The van der Waals surface area contributed by atoms with Gasteiger partial charge in [-0.15, -0.1) is 0 Å². The number of anilines is 1. The third kappa shape index (κ3) is 2.04. The topological polar surface area (TPSA) is 81.1 Å². The molecule has 0 unspecified atom stereocenters. The first-order chi connectivity index (χ1) is 7.31. The Morgan fingerprint density at radius 2 is 2.33 bits per heavy atom. The van der Waals surface area contributed by atoms with Gasteiger partial charge in [0.25, 0.3) is 5.71 Å². The van der Waals surface area contributed by atoms with Crippen LogP contribution >= 0.6 is 0 Å². The summed E-state index contributed by atoms with van der Waals surface area (Å²) in [6.07, 6.45) is 3.93. The van der Waals surface area contributed by atoms with Crippen LogP contribution in [0.4, 0.5) is 5.95 Å². The van der Waals surface area contributed by atoms with E-state index in [9.17, 15) is 0 Å². The van der Waals surface area contributed by atoms with E-state index in [2.05, 4.69) is 15.0 Å². The van der Waals surface area contributed by atoms with Crippen LogP contribution in [-0.4, -0.2) is 35.1 Å². The lowest BCUT2D eigenvalue weighted by Crippen LogP contribution is -2.22. The average molecular weight is 207 g/mol. The van der Waals surface area contributed by atoms with Crippen molar-refractivity contribution in [2.24, 2.45) is 5.73 Å². The lowest BCUT2D eigenvalue weighted by Gasteiger charge is -2.15. The molecule has 0 atom stereocenters. The first-order valence-electron chi connectivity index (χ1n) is 4.78. The molecule has 2 aromatic rings. The highest BCUT2D eigenvalue weighted by Gasteiger charge is 2.07. The minimum atomic E-state index is 0.514. The number of hydrogen-bond donors (Lipinski definition) is 1. The molecular formula is C9H13N5O. The first kappa shape index (κ1) is 9.85. The Labute approximate surface area is 87.1 Å². The molecule has 2 N–H and O–H groups in total. The molecule has 0 aliphatic rings. The van der Waals surface area contributed by atoms with Crippen molar-refractivity contribution in [2.75, 3.05) is 25.0 Å². The summed E-state index contributed by atoms with van der Waals surface area (Å²) in [4.78, 5) is 14.3. The fourth-order valence-electron chi connectivity index (χ4n) is 1.27. The molecule has 2 aromatic heterocycles. The molecule has 15 heavy (non-hydrogen) atoms. The molecule has 2 heterocycles. The van der Waals surface area contributed by atoms with E-state index in [1.807, 2.05) is 11.9 Å². The predicted molar refractivity (Wildman–Crippen MR) is 56.5 cm³/mol. The monoisotopic (exact) mass is 207 g/mol. The van der Waals surface area contributed by atoms with Crippen LogP contribution in [0.3, 0.4) is 0 Å². The number of nitrogens with zero attached hydrogens (tertiary/aromatic N) is 4. The van der Waals surface area contributed by atoms with E-state index in [1.54, 1.807) is 6.20 Å². The fraction of sp³-hybridized carbons (Fsp3) is 0.444. The molecule has 0 aromatic carbocycles. The van der Waals surface area contributed by atoms with Crippen LogP contribution in [0.2, 0.25) is 0 Å². The number of oxazole rings is 1. The van der Waals surface area contributed by atoms with Gasteiger partial charge in [0.05, 0.1) is 6.20 Å². The predicted octanol–water partition coefficient (Wildman–Crippen LogP) is 0.403. The Kier molecular flexibility index (Phi) is 2.77. The third-order valence-electron chi connectivity index (χ3n) is 2.12. The number of nitrogens with two attached hydrogens (primary N) is 1. The van der Waals surface area contributed by atoms with E-state index in [0.29, 0.717) is 23.7 Å². The zero-order valence-electron chi connectivity index (χ0n) is 8.55. The number of fused-ring (bicyclic) bond motifs is 1. The second-order valence-corrected chi connectivity index (χ2v) is 3.28. The molecule has 80 valence electrons. The molecular weight excluding hydrogens is 194 g/mol. The highest BCUT2D eigenvalue weighted by molar-refractivity contribution is 5.67. The van der Waals surface area contributed by atoms with Crippen molar-refractivity contribution in [3.8, 4) is 0 Å². The molecule has 0 spiro atoms. The van der Waals surface area contributed by atoms with Gasteiger partial charge in [0.15, 0.2) is 6.39 Å². The van der Waals surface area contributed by atoms with Crippen LogP contribution in [0.1, 0.15) is 6.42 Å². The number of aromatic nitrogens is 3. The maximum Gasteiger partial charge on any atom is 0.251 e. The number of hydrogen-bond acceptors (Lipinski definition) is 6. The standard InChI is InChI=1S/C9H13N5O/c1-14(4-2-3-10)9-11-5-7-8(13-9)15-6-12-7/h5-6H,2-4,10H2,1H3. The molecule has 0 fully saturated rings. The van der Waals surface area contributed by atoms with Gasteiger partial charge in [-0.1, -0.05) is 0 Å². The van der Waals surface area contributed by atoms with Crippen LogP contribution in [0.15, 0.2) is 17.0 Å². The molecule has 0 radical (unpaired) electrons. The average Bonchev–Trinajstić information content (AvgIpc) is 2.72. The van der Waals surface area contributed by atoms with Gasteiger partial charge < -0.3 is 15.1 Å². The van der Waals surface area contributed by atoms with Crippen molar-refractivity contribution >= 4 is 17.2 Å². The largest absolute Gasteiger partial charge is 0.425 e. The summed E-state index contributed by atoms with van der Waals surface area (Å²) in [6, 6.07) is 0. The van der Waals surface area contributed by atoms with Crippen LogP contribution in [-0.2, 0) is 0 Å². The number of rotatable bonds is 4. The minimum Gasteiger partial charge on any atom is -0.425 e. The molecule has 2 rings (SSSR count). The maximum atomic E-state index is 5.43. The Morgan fingerprint density at radius 1 is 1.47 bits per heavy atom. The Balaban J connectivity index is 2.19. The smallest absolute Gasteiger partial charge is 0.251 e. The molecule has 0 bridgehead atoms. The van der Waals surface area contributed by atoms with E-state index in [4.69, 9.17) is 10.2 Å². The maximum absolute atomic E-state index is 5.43. The van der Waals surface area contributed by atoms with Crippen molar-refractivity contribution < 1.29 is 4.42 Å².